The molecule has 18 heavy (non-hydrogen) atoms. The maximum atomic E-state index is 5.78. The lowest BCUT2D eigenvalue weighted by molar-refractivity contribution is 0.288. The van der Waals surface area contributed by atoms with Crippen LogP contribution in [0.15, 0.2) is 18.2 Å². The molecule has 1 heterocycles. The van der Waals surface area contributed by atoms with Crippen LogP contribution in [0.3, 0.4) is 0 Å². The minimum Gasteiger partial charge on any atom is -0.490 e. The smallest absolute Gasteiger partial charge is 0.207 e. The Kier molecular flexibility index (Phi) is 4.38. The zero-order chi connectivity index (χ0) is 13.0. The number of rotatable bonds is 5. The van der Waals surface area contributed by atoms with E-state index < -0.39 is 0 Å². The average molecular weight is 285 g/mol. The van der Waals surface area contributed by atoms with Gasteiger partial charge < -0.3 is 9.47 Å². The van der Waals surface area contributed by atoms with Gasteiger partial charge in [-0.1, -0.05) is 11.3 Å². The van der Waals surface area contributed by atoms with E-state index in [1.807, 2.05) is 32.0 Å². The van der Waals surface area contributed by atoms with E-state index >= 15 is 0 Å². The Hall–Kier alpha value is -1.33. The van der Waals surface area contributed by atoms with E-state index in [9.17, 15) is 0 Å². The van der Waals surface area contributed by atoms with Gasteiger partial charge >= 0.3 is 0 Å². The summed E-state index contributed by atoms with van der Waals surface area (Å²) in [5, 5.41) is 8.56. The first-order valence-electron chi connectivity index (χ1n) is 5.63. The molecule has 4 nitrogen and oxygen atoms in total. The second-order valence-electron chi connectivity index (χ2n) is 3.39. The molecule has 1 aromatic heterocycles. The van der Waals surface area contributed by atoms with Crippen molar-refractivity contribution in [1.29, 1.82) is 0 Å². The Morgan fingerprint density at radius 3 is 2.44 bits per heavy atom. The van der Waals surface area contributed by atoms with Gasteiger partial charge in [0.25, 0.3) is 0 Å². The van der Waals surface area contributed by atoms with Crippen LogP contribution in [0, 0.1) is 0 Å². The van der Waals surface area contributed by atoms with Crippen molar-refractivity contribution in [2.75, 3.05) is 13.2 Å². The summed E-state index contributed by atoms with van der Waals surface area (Å²) in [6.45, 7) is 5.06. The first-order chi connectivity index (χ1) is 8.74. The fraction of sp³-hybridized carbons (Fsp3) is 0.333. The standard InChI is InChI=1S/C12H13ClN2O2S/c1-3-16-9-6-5-8(7-10(9)17-4-2)11-14-15-12(13)18-11/h5-7H,3-4H2,1-2H3. The predicted octanol–water partition coefficient (Wildman–Crippen LogP) is 3.66. The van der Waals surface area contributed by atoms with Crippen LogP contribution in [0.25, 0.3) is 10.6 Å². The van der Waals surface area contributed by atoms with E-state index in [0.717, 1.165) is 16.3 Å². The van der Waals surface area contributed by atoms with Crippen LogP contribution >= 0.6 is 22.9 Å². The summed E-state index contributed by atoms with van der Waals surface area (Å²) in [4.78, 5) is 0. The van der Waals surface area contributed by atoms with Gasteiger partial charge in [-0.05, 0) is 43.6 Å². The lowest BCUT2D eigenvalue weighted by Gasteiger charge is -2.11. The molecule has 0 spiro atoms. The minimum absolute atomic E-state index is 0.428. The lowest BCUT2D eigenvalue weighted by atomic mass is 10.2. The normalized spacial score (nSPS) is 10.4. The average Bonchev–Trinajstić information content (AvgIpc) is 2.79. The van der Waals surface area contributed by atoms with Crippen LogP contribution in [0.1, 0.15) is 13.8 Å². The lowest BCUT2D eigenvalue weighted by Crippen LogP contribution is -1.98. The molecule has 2 rings (SSSR count). The molecule has 0 amide bonds. The van der Waals surface area contributed by atoms with Gasteiger partial charge in [0.2, 0.25) is 4.47 Å². The van der Waals surface area contributed by atoms with Crippen LogP contribution in [-0.4, -0.2) is 23.4 Å². The highest BCUT2D eigenvalue weighted by atomic mass is 35.5. The molecule has 0 fully saturated rings. The maximum absolute atomic E-state index is 5.78. The Bertz CT molecular complexity index is 531. The van der Waals surface area contributed by atoms with Gasteiger partial charge in [-0.25, -0.2) is 0 Å². The van der Waals surface area contributed by atoms with Crippen molar-refractivity contribution in [3.05, 3.63) is 22.7 Å². The fourth-order valence-corrected chi connectivity index (χ4v) is 2.33. The zero-order valence-corrected chi connectivity index (χ0v) is 11.7. The number of halogens is 1. The molecule has 0 bridgehead atoms. The Balaban J connectivity index is 2.35. The highest BCUT2D eigenvalue weighted by Gasteiger charge is 2.10. The minimum atomic E-state index is 0.428. The Morgan fingerprint density at radius 1 is 1.11 bits per heavy atom. The van der Waals surface area contributed by atoms with Gasteiger partial charge in [-0.3, -0.25) is 0 Å². The second-order valence-corrected chi connectivity index (χ2v) is 4.95. The van der Waals surface area contributed by atoms with E-state index in [1.54, 1.807) is 0 Å². The fourth-order valence-electron chi connectivity index (χ4n) is 1.51. The Labute approximate surface area is 115 Å². The van der Waals surface area contributed by atoms with E-state index in [4.69, 9.17) is 21.1 Å². The quantitative estimate of drug-likeness (QED) is 0.840. The molecule has 0 unspecified atom stereocenters. The van der Waals surface area contributed by atoms with Gasteiger partial charge in [0.05, 0.1) is 13.2 Å². The molecular weight excluding hydrogens is 272 g/mol. The molecule has 0 saturated heterocycles. The molecular formula is C12H13ClN2O2S. The molecule has 0 atom stereocenters. The summed E-state index contributed by atoms with van der Waals surface area (Å²) in [6, 6.07) is 5.69. The van der Waals surface area contributed by atoms with Crippen molar-refractivity contribution in [2.45, 2.75) is 13.8 Å². The number of hydrogen-bond donors (Lipinski definition) is 0. The van der Waals surface area contributed by atoms with Crippen LogP contribution in [0.4, 0.5) is 0 Å². The molecule has 0 aliphatic heterocycles. The summed E-state index contributed by atoms with van der Waals surface area (Å²) in [7, 11) is 0. The molecule has 0 aliphatic carbocycles. The Morgan fingerprint density at radius 2 is 1.83 bits per heavy atom. The number of aromatic nitrogens is 2. The molecule has 1 aromatic carbocycles. The van der Waals surface area contributed by atoms with Crippen molar-refractivity contribution in [3.8, 4) is 22.1 Å². The molecule has 96 valence electrons. The monoisotopic (exact) mass is 284 g/mol. The van der Waals surface area contributed by atoms with Gasteiger partial charge in [0.15, 0.2) is 11.5 Å². The molecule has 0 aliphatic rings. The van der Waals surface area contributed by atoms with Crippen molar-refractivity contribution < 1.29 is 9.47 Å². The largest absolute Gasteiger partial charge is 0.490 e. The molecule has 0 saturated carbocycles. The molecule has 2 aromatic rings. The topological polar surface area (TPSA) is 44.2 Å². The number of benzene rings is 1. The third kappa shape index (κ3) is 2.91. The highest BCUT2D eigenvalue weighted by molar-refractivity contribution is 7.18. The first kappa shape index (κ1) is 13.1. The molecule has 0 N–H and O–H groups in total. The third-order valence-corrected chi connectivity index (χ3v) is 3.26. The van der Waals surface area contributed by atoms with Gasteiger partial charge in [-0.15, -0.1) is 10.2 Å². The van der Waals surface area contributed by atoms with Crippen LogP contribution in [-0.2, 0) is 0 Å². The summed E-state index contributed by atoms with van der Waals surface area (Å²) in [5.74, 6) is 1.45. The van der Waals surface area contributed by atoms with Gasteiger partial charge in [0.1, 0.15) is 5.01 Å². The van der Waals surface area contributed by atoms with E-state index in [0.29, 0.717) is 23.4 Å². The van der Waals surface area contributed by atoms with E-state index in [2.05, 4.69) is 10.2 Å². The summed E-state index contributed by atoms with van der Waals surface area (Å²) in [5.41, 5.74) is 0.923. The van der Waals surface area contributed by atoms with E-state index in [1.165, 1.54) is 11.3 Å². The zero-order valence-electron chi connectivity index (χ0n) is 10.1. The molecule has 0 radical (unpaired) electrons. The van der Waals surface area contributed by atoms with Crippen molar-refractivity contribution in [3.63, 3.8) is 0 Å². The number of ether oxygens (including phenoxy) is 2. The van der Waals surface area contributed by atoms with Crippen molar-refractivity contribution in [1.82, 2.24) is 10.2 Å². The third-order valence-electron chi connectivity index (χ3n) is 2.19. The van der Waals surface area contributed by atoms with Crippen molar-refractivity contribution >= 4 is 22.9 Å². The number of hydrogen-bond acceptors (Lipinski definition) is 5. The summed E-state index contributed by atoms with van der Waals surface area (Å²) in [6.07, 6.45) is 0. The predicted molar refractivity (Wildman–Crippen MR) is 72.7 cm³/mol. The van der Waals surface area contributed by atoms with Gasteiger partial charge in [-0.2, -0.15) is 0 Å². The summed E-state index contributed by atoms with van der Waals surface area (Å²) < 4.78 is 11.5. The van der Waals surface area contributed by atoms with Crippen molar-refractivity contribution in [2.24, 2.45) is 0 Å². The number of nitrogens with zero attached hydrogens (tertiary/aromatic N) is 2. The maximum Gasteiger partial charge on any atom is 0.207 e. The highest BCUT2D eigenvalue weighted by Crippen LogP contribution is 2.34. The van der Waals surface area contributed by atoms with Crippen LogP contribution in [0.2, 0.25) is 4.47 Å². The summed E-state index contributed by atoms with van der Waals surface area (Å²) >= 11 is 7.11. The van der Waals surface area contributed by atoms with Gasteiger partial charge in [0, 0.05) is 5.56 Å². The SMILES string of the molecule is CCOc1ccc(-c2nnc(Cl)s2)cc1OCC. The van der Waals surface area contributed by atoms with Crippen LogP contribution < -0.4 is 9.47 Å². The van der Waals surface area contributed by atoms with Crippen LogP contribution in [0.5, 0.6) is 11.5 Å². The van der Waals surface area contributed by atoms with E-state index in [-0.39, 0.29) is 0 Å². The first-order valence-corrected chi connectivity index (χ1v) is 6.83. The molecule has 6 heteroatoms. The second kappa shape index (κ2) is 6.02.